The first-order valence-electron chi connectivity index (χ1n) is 6.86. The minimum absolute atomic E-state index is 0.446. The maximum absolute atomic E-state index is 6.19. The lowest BCUT2D eigenvalue weighted by Crippen LogP contribution is -2.30. The molecule has 2 aliphatic rings. The second-order valence-electron chi connectivity index (χ2n) is 5.95. The molecule has 2 fully saturated rings. The molecular formula is C15H21BrN2. The normalized spacial score (nSPS) is 31.8. The molecule has 1 aromatic rings. The van der Waals surface area contributed by atoms with Crippen molar-refractivity contribution in [2.45, 2.75) is 32.4 Å². The summed E-state index contributed by atoms with van der Waals surface area (Å²) in [7, 11) is 0. The fourth-order valence-electron chi connectivity index (χ4n) is 3.55. The number of aryl methyl sites for hydroxylation is 1. The van der Waals surface area contributed by atoms with E-state index in [-0.39, 0.29) is 0 Å². The van der Waals surface area contributed by atoms with E-state index >= 15 is 0 Å². The Kier molecular flexibility index (Phi) is 3.48. The van der Waals surface area contributed by atoms with Crippen LogP contribution in [0.5, 0.6) is 0 Å². The first-order chi connectivity index (χ1) is 8.63. The third kappa shape index (κ3) is 2.36. The average Bonchev–Trinajstić information content (AvgIpc) is 2.86. The summed E-state index contributed by atoms with van der Waals surface area (Å²) >= 11 is 3.68. The van der Waals surface area contributed by atoms with Gasteiger partial charge in [-0.1, -0.05) is 28.1 Å². The number of hydrogen-bond donors (Lipinski definition) is 1. The number of nitrogens with zero attached hydrogens (tertiary/aromatic N) is 1. The van der Waals surface area contributed by atoms with Crippen molar-refractivity contribution in [3.63, 3.8) is 0 Å². The molecule has 2 nitrogen and oxygen atoms in total. The number of likely N-dealkylation sites (tertiary alicyclic amines) is 1. The standard InChI is InChI=1S/C15H21BrN2/c1-10-2-3-12(14(16)6-10)8-18-7-11-4-5-15(17)13(11)9-18/h2-3,6,11,13,15H,4-5,7-9,17H2,1H3. The molecule has 1 aromatic carbocycles. The lowest BCUT2D eigenvalue weighted by Gasteiger charge is -2.19. The molecule has 98 valence electrons. The Bertz CT molecular complexity index is 446. The largest absolute Gasteiger partial charge is 0.327 e. The molecule has 18 heavy (non-hydrogen) atoms. The molecule has 0 radical (unpaired) electrons. The van der Waals surface area contributed by atoms with Crippen molar-refractivity contribution in [3.05, 3.63) is 33.8 Å². The summed E-state index contributed by atoms with van der Waals surface area (Å²) in [4.78, 5) is 2.57. The van der Waals surface area contributed by atoms with Crippen molar-refractivity contribution < 1.29 is 0 Å². The van der Waals surface area contributed by atoms with Crippen LogP contribution in [0, 0.1) is 18.8 Å². The van der Waals surface area contributed by atoms with E-state index in [0.717, 1.165) is 18.4 Å². The fraction of sp³-hybridized carbons (Fsp3) is 0.600. The van der Waals surface area contributed by atoms with Gasteiger partial charge in [-0.25, -0.2) is 0 Å². The van der Waals surface area contributed by atoms with Gasteiger partial charge in [-0.05, 0) is 48.8 Å². The zero-order chi connectivity index (χ0) is 12.7. The van der Waals surface area contributed by atoms with Gasteiger partial charge in [-0.3, -0.25) is 4.90 Å². The Morgan fingerprint density at radius 3 is 2.89 bits per heavy atom. The van der Waals surface area contributed by atoms with Gasteiger partial charge in [0.2, 0.25) is 0 Å². The van der Waals surface area contributed by atoms with Crippen LogP contribution in [0.1, 0.15) is 24.0 Å². The highest BCUT2D eigenvalue weighted by molar-refractivity contribution is 9.10. The number of hydrogen-bond acceptors (Lipinski definition) is 2. The molecule has 1 saturated carbocycles. The van der Waals surface area contributed by atoms with E-state index in [1.165, 1.54) is 41.5 Å². The van der Waals surface area contributed by atoms with Crippen LogP contribution in [0.2, 0.25) is 0 Å². The van der Waals surface area contributed by atoms with Crippen LogP contribution in [-0.2, 0) is 6.54 Å². The number of nitrogens with two attached hydrogens (primary N) is 1. The van der Waals surface area contributed by atoms with Crippen LogP contribution >= 0.6 is 15.9 Å². The zero-order valence-corrected chi connectivity index (χ0v) is 12.5. The van der Waals surface area contributed by atoms with E-state index in [1.54, 1.807) is 0 Å². The highest BCUT2D eigenvalue weighted by Gasteiger charge is 2.40. The Morgan fingerprint density at radius 1 is 1.33 bits per heavy atom. The monoisotopic (exact) mass is 308 g/mol. The molecule has 3 atom stereocenters. The van der Waals surface area contributed by atoms with E-state index in [1.807, 2.05) is 0 Å². The van der Waals surface area contributed by atoms with Gasteiger partial charge in [0.25, 0.3) is 0 Å². The Labute approximate surface area is 118 Å². The van der Waals surface area contributed by atoms with E-state index in [0.29, 0.717) is 6.04 Å². The summed E-state index contributed by atoms with van der Waals surface area (Å²) in [5.74, 6) is 1.60. The van der Waals surface area contributed by atoms with Crippen LogP contribution in [-0.4, -0.2) is 24.0 Å². The average molecular weight is 309 g/mol. The number of halogens is 1. The first-order valence-corrected chi connectivity index (χ1v) is 7.66. The Morgan fingerprint density at radius 2 is 2.17 bits per heavy atom. The quantitative estimate of drug-likeness (QED) is 0.910. The molecule has 1 aliphatic carbocycles. The maximum Gasteiger partial charge on any atom is 0.0245 e. The van der Waals surface area contributed by atoms with Crippen LogP contribution < -0.4 is 5.73 Å². The number of benzene rings is 1. The fourth-order valence-corrected chi connectivity index (χ4v) is 4.17. The van der Waals surface area contributed by atoms with Gasteiger partial charge in [-0.2, -0.15) is 0 Å². The number of rotatable bonds is 2. The third-order valence-electron chi connectivity index (χ3n) is 4.59. The van der Waals surface area contributed by atoms with E-state index < -0.39 is 0 Å². The van der Waals surface area contributed by atoms with Gasteiger partial charge in [0.05, 0.1) is 0 Å². The van der Waals surface area contributed by atoms with Crippen molar-refractivity contribution in [2.75, 3.05) is 13.1 Å². The smallest absolute Gasteiger partial charge is 0.0245 e. The highest BCUT2D eigenvalue weighted by Crippen LogP contribution is 2.38. The summed E-state index contributed by atoms with van der Waals surface area (Å²) in [6.45, 7) is 5.61. The predicted octanol–water partition coefficient (Wildman–Crippen LogP) is 2.93. The van der Waals surface area contributed by atoms with Crippen molar-refractivity contribution >= 4 is 15.9 Å². The highest BCUT2D eigenvalue weighted by atomic mass is 79.9. The minimum Gasteiger partial charge on any atom is -0.327 e. The topological polar surface area (TPSA) is 29.3 Å². The molecule has 3 unspecified atom stereocenters. The second-order valence-corrected chi connectivity index (χ2v) is 6.81. The summed E-state index contributed by atoms with van der Waals surface area (Å²) < 4.78 is 1.24. The number of fused-ring (bicyclic) bond motifs is 1. The SMILES string of the molecule is Cc1ccc(CN2CC3CCC(N)C3C2)c(Br)c1. The van der Waals surface area contributed by atoms with Crippen molar-refractivity contribution in [2.24, 2.45) is 17.6 Å². The molecule has 0 spiro atoms. The molecule has 1 heterocycles. The summed E-state index contributed by atoms with van der Waals surface area (Å²) in [5.41, 5.74) is 8.90. The molecular weight excluding hydrogens is 288 g/mol. The lowest BCUT2D eigenvalue weighted by molar-refractivity contribution is 0.297. The van der Waals surface area contributed by atoms with Crippen LogP contribution in [0.15, 0.2) is 22.7 Å². The predicted molar refractivity (Wildman–Crippen MR) is 78.3 cm³/mol. The van der Waals surface area contributed by atoms with Gasteiger partial charge in [-0.15, -0.1) is 0 Å². The van der Waals surface area contributed by atoms with Crippen LogP contribution in [0.3, 0.4) is 0 Å². The van der Waals surface area contributed by atoms with Crippen LogP contribution in [0.25, 0.3) is 0 Å². The Balaban J connectivity index is 1.68. The molecule has 1 saturated heterocycles. The van der Waals surface area contributed by atoms with Gasteiger partial charge in [0, 0.05) is 30.1 Å². The van der Waals surface area contributed by atoms with Crippen molar-refractivity contribution in [1.29, 1.82) is 0 Å². The minimum atomic E-state index is 0.446. The first kappa shape index (κ1) is 12.6. The summed E-state index contributed by atoms with van der Waals surface area (Å²) in [6, 6.07) is 7.09. The molecule has 0 amide bonds. The molecule has 3 rings (SSSR count). The maximum atomic E-state index is 6.19. The molecule has 0 bridgehead atoms. The van der Waals surface area contributed by atoms with E-state index in [9.17, 15) is 0 Å². The Hall–Kier alpha value is -0.380. The molecule has 2 N–H and O–H groups in total. The van der Waals surface area contributed by atoms with Gasteiger partial charge < -0.3 is 5.73 Å². The van der Waals surface area contributed by atoms with Crippen molar-refractivity contribution in [3.8, 4) is 0 Å². The second kappa shape index (κ2) is 4.95. The van der Waals surface area contributed by atoms with E-state index in [2.05, 4.69) is 46.0 Å². The van der Waals surface area contributed by atoms with Gasteiger partial charge >= 0.3 is 0 Å². The van der Waals surface area contributed by atoms with Gasteiger partial charge in [0.1, 0.15) is 0 Å². The molecule has 1 aliphatic heterocycles. The summed E-state index contributed by atoms with van der Waals surface area (Å²) in [5, 5.41) is 0. The summed E-state index contributed by atoms with van der Waals surface area (Å²) in [6.07, 6.45) is 2.56. The van der Waals surface area contributed by atoms with E-state index in [4.69, 9.17) is 5.73 Å². The molecule has 3 heteroatoms. The van der Waals surface area contributed by atoms with Crippen LogP contribution in [0.4, 0.5) is 0 Å². The lowest BCUT2D eigenvalue weighted by atomic mass is 9.98. The van der Waals surface area contributed by atoms with Gasteiger partial charge in [0.15, 0.2) is 0 Å². The third-order valence-corrected chi connectivity index (χ3v) is 5.33. The molecule has 0 aromatic heterocycles. The van der Waals surface area contributed by atoms with Crippen molar-refractivity contribution in [1.82, 2.24) is 4.90 Å². The zero-order valence-electron chi connectivity index (χ0n) is 10.9.